The van der Waals surface area contributed by atoms with E-state index in [9.17, 15) is 4.79 Å². The number of carbonyl (C=O) groups is 1. The molecule has 0 saturated carbocycles. The van der Waals surface area contributed by atoms with Gasteiger partial charge in [-0.3, -0.25) is 9.98 Å². The Balaban J connectivity index is 2.21. The topological polar surface area (TPSA) is 60.3 Å². The Morgan fingerprint density at radius 3 is 2.60 bits per heavy atom. The molecule has 0 aromatic heterocycles. The summed E-state index contributed by atoms with van der Waals surface area (Å²) in [6.45, 7) is 9.40. The van der Waals surface area contributed by atoms with E-state index in [4.69, 9.17) is 23.2 Å². The predicted molar refractivity (Wildman–Crippen MR) is 128 cm³/mol. The SMILES string of the molecule is C=N/C(=C\N=CC)c1ccc([C@@H](CC)NC(=O)N(C)C2CCN(C)CC2)c(Cl)c1Cl. The monoisotopic (exact) mass is 451 g/mol. The van der Waals surface area contributed by atoms with Crippen LogP contribution in [-0.4, -0.2) is 62.0 Å². The molecule has 1 aromatic rings. The van der Waals surface area contributed by atoms with E-state index >= 15 is 0 Å². The van der Waals surface area contributed by atoms with E-state index in [-0.39, 0.29) is 18.1 Å². The van der Waals surface area contributed by atoms with Gasteiger partial charge in [-0.05, 0) is 58.6 Å². The number of rotatable bonds is 7. The van der Waals surface area contributed by atoms with Crippen LogP contribution in [0.15, 0.2) is 28.3 Å². The zero-order valence-electron chi connectivity index (χ0n) is 18.2. The number of piperidine rings is 1. The molecule has 0 spiro atoms. The number of benzene rings is 1. The summed E-state index contributed by atoms with van der Waals surface area (Å²) in [5, 5.41) is 3.88. The summed E-state index contributed by atoms with van der Waals surface area (Å²) in [6, 6.07) is 3.61. The number of urea groups is 1. The fourth-order valence-corrected chi connectivity index (χ4v) is 4.14. The van der Waals surface area contributed by atoms with E-state index in [0.717, 1.165) is 31.5 Å². The van der Waals surface area contributed by atoms with Gasteiger partial charge in [-0.25, -0.2) is 4.79 Å². The van der Waals surface area contributed by atoms with Gasteiger partial charge in [-0.2, -0.15) is 0 Å². The molecule has 0 bridgehead atoms. The largest absolute Gasteiger partial charge is 0.331 e. The maximum absolute atomic E-state index is 12.9. The number of carbonyl (C=O) groups excluding carboxylic acids is 1. The number of nitrogens with zero attached hydrogens (tertiary/aromatic N) is 4. The molecule has 0 radical (unpaired) electrons. The van der Waals surface area contributed by atoms with Crippen LogP contribution in [0.3, 0.4) is 0 Å². The molecule has 8 heteroatoms. The lowest BCUT2D eigenvalue weighted by Gasteiger charge is -2.36. The lowest BCUT2D eigenvalue weighted by Crippen LogP contribution is -2.48. The van der Waals surface area contributed by atoms with E-state index in [0.29, 0.717) is 27.7 Å². The second-order valence-corrected chi connectivity index (χ2v) is 8.22. The molecule has 1 aliphatic heterocycles. The van der Waals surface area contributed by atoms with Crippen molar-refractivity contribution in [3.05, 3.63) is 39.5 Å². The number of likely N-dealkylation sites (tertiary alicyclic amines) is 1. The molecular weight excluding hydrogens is 421 g/mol. The highest BCUT2D eigenvalue weighted by atomic mass is 35.5. The molecule has 1 saturated heterocycles. The normalized spacial score (nSPS) is 17.2. The van der Waals surface area contributed by atoms with Crippen molar-refractivity contribution in [1.82, 2.24) is 15.1 Å². The van der Waals surface area contributed by atoms with Crippen molar-refractivity contribution in [1.29, 1.82) is 0 Å². The van der Waals surface area contributed by atoms with Gasteiger partial charge in [-0.1, -0.05) is 42.3 Å². The van der Waals surface area contributed by atoms with Crippen molar-refractivity contribution in [2.75, 3.05) is 27.2 Å². The second kappa shape index (κ2) is 11.5. The summed E-state index contributed by atoms with van der Waals surface area (Å²) in [6.07, 6.45) is 5.87. The molecule has 164 valence electrons. The summed E-state index contributed by atoms with van der Waals surface area (Å²) < 4.78 is 0. The number of nitrogens with one attached hydrogen (secondary N) is 1. The van der Waals surface area contributed by atoms with Gasteiger partial charge < -0.3 is 15.1 Å². The summed E-state index contributed by atoms with van der Waals surface area (Å²) >= 11 is 13.2. The number of amides is 2. The minimum Gasteiger partial charge on any atom is -0.331 e. The van der Waals surface area contributed by atoms with Gasteiger partial charge in [0.15, 0.2) is 0 Å². The first-order valence-electron chi connectivity index (χ1n) is 10.2. The van der Waals surface area contributed by atoms with Crippen LogP contribution in [0.2, 0.25) is 10.0 Å². The predicted octanol–water partition coefficient (Wildman–Crippen LogP) is 5.27. The highest BCUT2D eigenvalue weighted by Gasteiger charge is 2.26. The number of halogens is 2. The van der Waals surface area contributed by atoms with Gasteiger partial charge in [-0.15, -0.1) is 0 Å². The number of hydrogen-bond acceptors (Lipinski definition) is 4. The van der Waals surface area contributed by atoms with E-state index in [2.05, 4.69) is 34.0 Å². The average molecular weight is 452 g/mol. The summed E-state index contributed by atoms with van der Waals surface area (Å²) in [5.74, 6) is 0. The standard InChI is InChI=1S/C22H31Cl2N5O/c1-6-18(27-22(30)29(5)15-10-12-28(4)13-11-15)16-8-9-17(21(24)20(16)23)19(25-3)14-26-7-2/h7-9,14-15,18H,3,6,10-13H2,1-2,4-5H3,(H,27,30)/b19-14-,26-7?/t18-/m1/s1. The summed E-state index contributed by atoms with van der Waals surface area (Å²) in [5.41, 5.74) is 1.96. The van der Waals surface area contributed by atoms with Crippen molar-refractivity contribution >= 4 is 47.9 Å². The van der Waals surface area contributed by atoms with E-state index in [1.54, 1.807) is 12.4 Å². The van der Waals surface area contributed by atoms with Crippen molar-refractivity contribution < 1.29 is 4.79 Å². The van der Waals surface area contributed by atoms with Crippen molar-refractivity contribution in [3.63, 3.8) is 0 Å². The van der Waals surface area contributed by atoms with Gasteiger partial charge in [0, 0.05) is 24.9 Å². The molecule has 1 N–H and O–H groups in total. The van der Waals surface area contributed by atoms with Gasteiger partial charge in [0.25, 0.3) is 0 Å². The van der Waals surface area contributed by atoms with Crippen LogP contribution in [0.1, 0.15) is 50.3 Å². The maximum atomic E-state index is 12.9. The Hall–Kier alpha value is -1.89. The highest BCUT2D eigenvalue weighted by Crippen LogP contribution is 2.37. The Bertz CT molecular complexity index is 816. The lowest BCUT2D eigenvalue weighted by atomic mass is 10.0. The van der Waals surface area contributed by atoms with Crippen LogP contribution in [-0.2, 0) is 0 Å². The van der Waals surface area contributed by atoms with Gasteiger partial charge in [0.05, 0.1) is 28.0 Å². The van der Waals surface area contributed by atoms with Crippen molar-refractivity contribution in [3.8, 4) is 0 Å². The average Bonchev–Trinajstić information content (AvgIpc) is 2.75. The fraction of sp³-hybridized carbons (Fsp3) is 0.500. The first-order chi connectivity index (χ1) is 14.3. The highest BCUT2D eigenvalue weighted by molar-refractivity contribution is 6.43. The van der Waals surface area contributed by atoms with Crippen LogP contribution >= 0.6 is 23.2 Å². The molecule has 0 aliphatic carbocycles. The lowest BCUT2D eigenvalue weighted by molar-refractivity contribution is 0.145. The minimum atomic E-state index is -0.247. The van der Waals surface area contributed by atoms with Crippen molar-refractivity contribution in [2.24, 2.45) is 9.98 Å². The van der Waals surface area contributed by atoms with E-state index in [1.807, 2.05) is 37.9 Å². The molecule has 6 nitrogen and oxygen atoms in total. The molecule has 1 fully saturated rings. The Kier molecular flexibility index (Phi) is 9.34. The molecule has 30 heavy (non-hydrogen) atoms. The van der Waals surface area contributed by atoms with Crippen LogP contribution in [0.25, 0.3) is 5.70 Å². The smallest absolute Gasteiger partial charge is 0.317 e. The van der Waals surface area contributed by atoms with Crippen LogP contribution < -0.4 is 5.32 Å². The van der Waals surface area contributed by atoms with Gasteiger partial charge >= 0.3 is 6.03 Å². The first kappa shape index (κ1) is 24.4. The summed E-state index contributed by atoms with van der Waals surface area (Å²) in [7, 11) is 3.96. The van der Waals surface area contributed by atoms with Crippen LogP contribution in [0.5, 0.6) is 0 Å². The Morgan fingerprint density at radius 1 is 1.37 bits per heavy atom. The molecule has 1 aliphatic rings. The molecule has 1 aromatic carbocycles. The quantitative estimate of drug-likeness (QED) is 0.573. The zero-order valence-corrected chi connectivity index (χ0v) is 19.7. The van der Waals surface area contributed by atoms with Gasteiger partial charge in [0.2, 0.25) is 0 Å². The minimum absolute atomic E-state index is 0.0988. The third-order valence-electron chi connectivity index (χ3n) is 5.54. The Morgan fingerprint density at radius 2 is 2.03 bits per heavy atom. The zero-order chi connectivity index (χ0) is 22.3. The molecule has 1 atom stereocenters. The summed E-state index contributed by atoms with van der Waals surface area (Å²) in [4.78, 5) is 25.1. The molecule has 2 rings (SSSR count). The van der Waals surface area contributed by atoms with Crippen LogP contribution in [0.4, 0.5) is 4.79 Å². The molecule has 2 amide bonds. The van der Waals surface area contributed by atoms with E-state index < -0.39 is 0 Å². The van der Waals surface area contributed by atoms with E-state index in [1.165, 1.54) is 0 Å². The third kappa shape index (κ3) is 5.84. The molecule has 0 unspecified atom stereocenters. The number of aliphatic imine (C=N–C) groups is 2. The van der Waals surface area contributed by atoms with Crippen LogP contribution in [0, 0.1) is 0 Å². The number of hydrogen-bond donors (Lipinski definition) is 1. The van der Waals surface area contributed by atoms with Crippen molar-refractivity contribution in [2.45, 2.75) is 45.2 Å². The Labute approximate surface area is 189 Å². The maximum Gasteiger partial charge on any atom is 0.317 e. The molecular formula is C22H31Cl2N5O. The third-order valence-corrected chi connectivity index (χ3v) is 6.44. The van der Waals surface area contributed by atoms with Gasteiger partial charge in [0.1, 0.15) is 0 Å². The second-order valence-electron chi connectivity index (χ2n) is 7.47. The fourth-order valence-electron chi connectivity index (χ4n) is 3.57. The molecule has 1 heterocycles. The first-order valence-corrected chi connectivity index (χ1v) is 10.9.